The van der Waals surface area contributed by atoms with E-state index < -0.39 is 0 Å². The van der Waals surface area contributed by atoms with Crippen molar-refractivity contribution in [3.8, 4) is 10.4 Å². The van der Waals surface area contributed by atoms with Crippen molar-refractivity contribution in [2.45, 2.75) is 13.8 Å². The smallest absolute Gasteiger partial charge is 0.158 e. The molecular formula is C21H19N5S. The van der Waals surface area contributed by atoms with Gasteiger partial charge < -0.3 is 5.73 Å². The molecule has 0 aliphatic carbocycles. The number of nitrogens with two attached hydrogens (primary N) is 1. The first-order valence-electron chi connectivity index (χ1n) is 8.60. The number of hydrogen-bond acceptors (Lipinski definition) is 6. The van der Waals surface area contributed by atoms with E-state index in [0.29, 0.717) is 11.6 Å². The highest BCUT2D eigenvalue weighted by Crippen LogP contribution is 2.35. The molecule has 0 spiro atoms. The van der Waals surface area contributed by atoms with Gasteiger partial charge in [-0.2, -0.15) is 5.10 Å². The Morgan fingerprint density at radius 1 is 1.04 bits per heavy atom. The minimum atomic E-state index is 0.714. The fourth-order valence-electron chi connectivity index (χ4n) is 2.78. The lowest BCUT2D eigenvalue weighted by Gasteiger charge is -2.05. The van der Waals surface area contributed by atoms with Crippen molar-refractivity contribution >= 4 is 38.8 Å². The van der Waals surface area contributed by atoms with Crippen molar-refractivity contribution in [3.05, 3.63) is 72.1 Å². The van der Waals surface area contributed by atoms with Crippen LogP contribution < -0.4 is 11.2 Å². The number of nitrogen functional groups attached to an aromatic ring is 1. The Morgan fingerprint density at radius 2 is 1.78 bits per heavy atom. The Balaban J connectivity index is 1.69. The van der Waals surface area contributed by atoms with Gasteiger partial charge >= 0.3 is 0 Å². The van der Waals surface area contributed by atoms with Crippen molar-refractivity contribution in [1.29, 1.82) is 0 Å². The van der Waals surface area contributed by atoms with E-state index in [0.717, 1.165) is 32.1 Å². The van der Waals surface area contributed by atoms with Crippen LogP contribution in [0.15, 0.2) is 65.8 Å². The number of hydrogen-bond donors (Lipinski definition) is 2. The van der Waals surface area contributed by atoms with Gasteiger partial charge in [-0.25, -0.2) is 9.97 Å². The molecule has 0 saturated carbocycles. The van der Waals surface area contributed by atoms with Crippen molar-refractivity contribution in [1.82, 2.24) is 9.97 Å². The largest absolute Gasteiger partial charge is 0.399 e. The van der Waals surface area contributed by atoms with Gasteiger partial charge in [-0.3, -0.25) is 5.43 Å². The molecule has 0 bridgehead atoms. The van der Waals surface area contributed by atoms with Gasteiger partial charge in [-0.15, -0.1) is 11.3 Å². The number of aromatic nitrogens is 2. The second-order valence-corrected chi connectivity index (χ2v) is 7.28. The first-order chi connectivity index (χ1) is 13.1. The number of hydrazone groups is 1. The van der Waals surface area contributed by atoms with E-state index in [9.17, 15) is 0 Å². The Morgan fingerprint density at radius 3 is 2.52 bits per heavy atom. The summed E-state index contributed by atoms with van der Waals surface area (Å²) in [6.07, 6.45) is 0. The molecule has 0 atom stereocenters. The van der Waals surface area contributed by atoms with Crippen molar-refractivity contribution in [2.75, 3.05) is 11.2 Å². The second-order valence-electron chi connectivity index (χ2n) is 6.25. The van der Waals surface area contributed by atoms with E-state index >= 15 is 0 Å². The summed E-state index contributed by atoms with van der Waals surface area (Å²) in [5.74, 6) is 1.43. The standard InChI is InChI=1S/C21H19N5S/c1-13(15-8-10-17(22)11-9-15)25-26-20-18-12-19(16-6-4-3-5-7-16)27-21(18)24-14(2)23-20/h3-12H,22H2,1-2H3,(H,23,24,26)/b25-13-. The van der Waals surface area contributed by atoms with Crippen LogP contribution in [-0.2, 0) is 0 Å². The van der Waals surface area contributed by atoms with Gasteiger partial charge in [0.15, 0.2) is 5.82 Å². The first-order valence-corrected chi connectivity index (χ1v) is 9.41. The molecule has 2 aromatic heterocycles. The number of anilines is 2. The SMILES string of the molecule is C/C(=N/Nc1nc(C)nc2sc(-c3ccccc3)cc12)c1ccc(N)cc1. The molecular weight excluding hydrogens is 354 g/mol. The summed E-state index contributed by atoms with van der Waals surface area (Å²) in [4.78, 5) is 11.2. The van der Waals surface area contributed by atoms with Gasteiger partial charge in [0.1, 0.15) is 10.7 Å². The lowest BCUT2D eigenvalue weighted by Crippen LogP contribution is -2.02. The number of nitrogens with zero attached hydrogens (tertiary/aromatic N) is 3. The highest BCUT2D eigenvalue weighted by molar-refractivity contribution is 7.21. The number of aryl methyl sites for hydroxylation is 1. The van der Waals surface area contributed by atoms with Crippen LogP contribution >= 0.6 is 11.3 Å². The summed E-state index contributed by atoms with van der Waals surface area (Å²) >= 11 is 1.66. The van der Waals surface area contributed by atoms with Gasteiger partial charge in [0.2, 0.25) is 0 Å². The molecule has 27 heavy (non-hydrogen) atoms. The van der Waals surface area contributed by atoms with Crippen LogP contribution in [0.25, 0.3) is 20.7 Å². The lowest BCUT2D eigenvalue weighted by atomic mass is 10.1. The van der Waals surface area contributed by atoms with Gasteiger partial charge in [0.25, 0.3) is 0 Å². The first kappa shape index (κ1) is 17.2. The highest BCUT2D eigenvalue weighted by Gasteiger charge is 2.11. The van der Waals surface area contributed by atoms with E-state index in [1.807, 2.05) is 56.3 Å². The fraction of sp³-hybridized carbons (Fsp3) is 0.0952. The van der Waals surface area contributed by atoms with Gasteiger partial charge in [-0.05, 0) is 43.2 Å². The van der Waals surface area contributed by atoms with Gasteiger partial charge in [-0.1, -0.05) is 42.5 Å². The van der Waals surface area contributed by atoms with E-state index in [2.05, 4.69) is 38.7 Å². The normalized spacial score (nSPS) is 11.7. The molecule has 0 aliphatic heterocycles. The Labute approximate surface area is 161 Å². The molecule has 4 aromatic rings. The molecule has 0 saturated heterocycles. The molecule has 0 fully saturated rings. The van der Waals surface area contributed by atoms with E-state index in [1.165, 1.54) is 5.56 Å². The molecule has 4 rings (SSSR count). The predicted octanol–water partition coefficient (Wildman–Crippen LogP) is 5.09. The minimum Gasteiger partial charge on any atom is -0.399 e. The quantitative estimate of drug-likeness (QED) is 0.297. The van der Waals surface area contributed by atoms with Crippen molar-refractivity contribution in [3.63, 3.8) is 0 Å². The van der Waals surface area contributed by atoms with E-state index in [1.54, 1.807) is 11.3 Å². The number of thiophene rings is 1. The summed E-state index contributed by atoms with van der Waals surface area (Å²) in [6, 6.07) is 20.0. The number of nitrogens with one attached hydrogen (secondary N) is 1. The number of benzene rings is 2. The summed E-state index contributed by atoms with van der Waals surface area (Å²) in [5, 5.41) is 5.48. The van der Waals surface area contributed by atoms with Gasteiger partial charge in [0, 0.05) is 10.6 Å². The summed E-state index contributed by atoms with van der Waals surface area (Å²) in [5.41, 5.74) is 12.6. The zero-order valence-corrected chi connectivity index (χ0v) is 15.9. The monoisotopic (exact) mass is 373 g/mol. The van der Waals surface area contributed by atoms with Crippen LogP contribution in [0.1, 0.15) is 18.3 Å². The fourth-order valence-corrected chi connectivity index (χ4v) is 3.87. The van der Waals surface area contributed by atoms with Crippen LogP contribution in [0.4, 0.5) is 11.5 Å². The zero-order valence-electron chi connectivity index (χ0n) is 15.1. The van der Waals surface area contributed by atoms with Crippen LogP contribution in [0.5, 0.6) is 0 Å². The van der Waals surface area contributed by atoms with Crippen molar-refractivity contribution in [2.24, 2.45) is 5.10 Å². The third-order valence-corrected chi connectivity index (χ3v) is 5.30. The minimum absolute atomic E-state index is 0.714. The molecule has 0 amide bonds. The number of fused-ring (bicyclic) bond motifs is 1. The maximum absolute atomic E-state index is 5.75. The molecule has 2 heterocycles. The maximum atomic E-state index is 5.75. The lowest BCUT2D eigenvalue weighted by molar-refractivity contribution is 1.08. The molecule has 2 aromatic carbocycles. The summed E-state index contributed by atoms with van der Waals surface area (Å²) in [7, 11) is 0. The van der Waals surface area contributed by atoms with Crippen LogP contribution in [0.3, 0.4) is 0 Å². The third-order valence-electron chi connectivity index (χ3n) is 4.22. The Bertz CT molecular complexity index is 1110. The predicted molar refractivity (Wildman–Crippen MR) is 114 cm³/mol. The summed E-state index contributed by atoms with van der Waals surface area (Å²) < 4.78 is 0. The maximum Gasteiger partial charge on any atom is 0.158 e. The molecule has 0 aliphatic rings. The molecule has 0 unspecified atom stereocenters. The second kappa shape index (κ2) is 7.17. The van der Waals surface area contributed by atoms with E-state index in [4.69, 9.17) is 5.73 Å². The topological polar surface area (TPSA) is 76.2 Å². The average Bonchev–Trinajstić information content (AvgIpc) is 3.11. The third kappa shape index (κ3) is 3.66. The zero-order chi connectivity index (χ0) is 18.8. The van der Waals surface area contributed by atoms with Crippen LogP contribution in [0.2, 0.25) is 0 Å². The molecule has 134 valence electrons. The highest BCUT2D eigenvalue weighted by atomic mass is 32.1. The van der Waals surface area contributed by atoms with E-state index in [-0.39, 0.29) is 0 Å². The van der Waals surface area contributed by atoms with Crippen molar-refractivity contribution < 1.29 is 0 Å². The number of rotatable bonds is 4. The molecule has 6 heteroatoms. The molecule has 3 N–H and O–H groups in total. The Kier molecular flexibility index (Phi) is 4.56. The van der Waals surface area contributed by atoms with Gasteiger partial charge in [0.05, 0.1) is 11.1 Å². The Hall–Kier alpha value is -3.25. The molecule has 0 radical (unpaired) electrons. The average molecular weight is 373 g/mol. The summed E-state index contributed by atoms with van der Waals surface area (Å²) in [6.45, 7) is 3.84. The van der Waals surface area contributed by atoms with Crippen LogP contribution in [0, 0.1) is 6.92 Å². The van der Waals surface area contributed by atoms with Crippen LogP contribution in [-0.4, -0.2) is 15.7 Å². The molecule has 5 nitrogen and oxygen atoms in total.